The molecule has 2 heterocycles. The van der Waals surface area contributed by atoms with E-state index in [4.69, 9.17) is 4.74 Å². The number of rotatable bonds is 5. The Morgan fingerprint density at radius 2 is 1.78 bits per heavy atom. The van der Waals surface area contributed by atoms with Gasteiger partial charge in [0, 0.05) is 23.7 Å². The van der Waals surface area contributed by atoms with Crippen molar-refractivity contribution in [1.82, 2.24) is 15.2 Å². The Bertz CT molecular complexity index is 1060. The van der Waals surface area contributed by atoms with Gasteiger partial charge in [0.1, 0.15) is 15.8 Å². The van der Waals surface area contributed by atoms with Gasteiger partial charge in [-0.1, -0.05) is 59.4 Å². The van der Waals surface area contributed by atoms with Gasteiger partial charge in [0.25, 0.3) is 0 Å². The Morgan fingerprint density at radius 3 is 2.59 bits per heavy atom. The van der Waals surface area contributed by atoms with Gasteiger partial charge in [-0.15, -0.1) is 10.2 Å². The van der Waals surface area contributed by atoms with Gasteiger partial charge >= 0.3 is 0 Å². The molecule has 0 atom stereocenters. The maximum Gasteiger partial charge on any atom is 0.222 e. The molecule has 0 saturated heterocycles. The highest BCUT2D eigenvalue weighted by atomic mass is 79.9. The first-order valence-corrected chi connectivity index (χ1v) is 10.1. The second-order valence-electron chi connectivity index (χ2n) is 6.04. The van der Waals surface area contributed by atoms with Crippen LogP contribution < -0.4 is 4.74 Å². The molecule has 0 aliphatic heterocycles. The van der Waals surface area contributed by atoms with Crippen LogP contribution in [0.1, 0.15) is 16.1 Å². The van der Waals surface area contributed by atoms with Gasteiger partial charge in [0.2, 0.25) is 5.88 Å². The van der Waals surface area contributed by atoms with Crippen molar-refractivity contribution < 1.29 is 4.74 Å². The molecular weight excluding hydrogens is 422 g/mol. The van der Waals surface area contributed by atoms with Crippen LogP contribution in [0, 0.1) is 6.92 Å². The molecule has 6 heteroatoms. The third kappa shape index (κ3) is 4.23. The van der Waals surface area contributed by atoms with Crippen LogP contribution >= 0.6 is 27.3 Å². The van der Waals surface area contributed by atoms with Crippen LogP contribution in [0.15, 0.2) is 71.3 Å². The zero-order valence-corrected chi connectivity index (χ0v) is 17.0. The minimum Gasteiger partial charge on any atom is -0.438 e. The predicted molar refractivity (Wildman–Crippen MR) is 111 cm³/mol. The quantitative estimate of drug-likeness (QED) is 0.380. The first kappa shape index (κ1) is 17.8. The summed E-state index contributed by atoms with van der Waals surface area (Å²) in [5.74, 6) is 1.31. The fourth-order valence-electron chi connectivity index (χ4n) is 2.58. The van der Waals surface area contributed by atoms with E-state index in [0.29, 0.717) is 12.3 Å². The van der Waals surface area contributed by atoms with Crippen LogP contribution in [0.4, 0.5) is 0 Å². The molecule has 0 saturated carbocycles. The van der Waals surface area contributed by atoms with E-state index < -0.39 is 0 Å². The molecular formula is C21H16BrN3OS. The molecule has 4 aromatic rings. The van der Waals surface area contributed by atoms with E-state index in [9.17, 15) is 0 Å². The van der Waals surface area contributed by atoms with Crippen molar-refractivity contribution in [3.63, 3.8) is 0 Å². The highest BCUT2D eigenvalue weighted by Gasteiger charge is 2.13. The number of pyridine rings is 1. The van der Waals surface area contributed by atoms with Crippen molar-refractivity contribution in [2.45, 2.75) is 13.3 Å². The van der Waals surface area contributed by atoms with Crippen LogP contribution in [-0.2, 0) is 6.42 Å². The van der Waals surface area contributed by atoms with Gasteiger partial charge in [-0.05, 0) is 41.1 Å². The Labute approximate surface area is 170 Å². The average Bonchev–Trinajstić information content (AvgIpc) is 3.14. The highest BCUT2D eigenvalue weighted by Crippen LogP contribution is 2.32. The maximum absolute atomic E-state index is 6.02. The fraction of sp³-hybridized carbons (Fsp3) is 0.0952. The van der Waals surface area contributed by atoms with E-state index in [1.807, 2.05) is 36.4 Å². The molecule has 4 rings (SSSR count). The van der Waals surface area contributed by atoms with Crippen LogP contribution in [0.3, 0.4) is 0 Å². The first-order chi connectivity index (χ1) is 13.2. The van der Waals surface area contributed by atoms with Gasteiger partial charge in [0.05, 0.1) is 4.47 Å². The Hall–Kier alpha value is -2.57. The van der Waals surface area contributed by atoms with E-state index in [2.05, 4.69) is 62.3 Å². The molecule has 0 unspecified atom stereocenters. The van der Waals surface area contributed by atoms with Gasteiger partial charge in [0.15, 0.2) is 0 Å². The summed E-state index contributed by atoms with van der Waals surface area (Å²) in [6.45, 7) is 2.07. The molecule has 0 amide bonds. The van der Waals surface area contributed by atoms with Crippen LogP contribution in [0.2, 0.25) is 0 Å². The van der Waals surface area contributed by atoms with Gasteiger partial charge < -0.3 is 4.74 Å². The minimum atomic E-state index is 0.580. The number of hydrogen-bond acceptors (Lipinski definition) is 5. The standard InChI is InChI=1S/C21H16BrN3OS/c1-14-8-10-15(11-9-14)21-25-24-19(27-21)13-16-5-4-12-23-20(16)26-18-7-3-2-6-17(18)22/h2-12H,13H2,1H3. The molecule has 27 heavy (non-hydrogen) atoms. The summed E-state index contributed by atoms with van der Waals surface area (Å²) in [4.78, 5) is 4.40. The van der Waals surface area contributed by atoms with Crippen LogP contribution in [-0.4, -0.2) is 15.2 Å². The van der Waals surface area contributed by atoms with Gasteiger partial charge in [-0.3, -0.25) is 0 Å². The van der Waals surface area contributed by atoms with Crippen molar-refractivity contribution >= 4 is 27.3 Å². The van der Waals surface area contributed by atoms with Crippen LogP contribution in [0.25, 0.3) is 10.6 Å². The van der Waals surface area contributed by atoms with Gasteiger partial charge in [-0.25, -0.2) is 4.98 Å². The second kappa shape index (κ2) is 7.98. The Kier molecular flexibility index (Phi) is 5.27. The summed E-state index contributed by atoms with van der Waals surface area (Å²) < 4.78 is 6.90. The number of benzene rings is 2. The second-order valence-corrected chi connectivity index (χ2v) is 7.96. The normalized spacial score (nSPS) is 10.7. The van der Waals surface area contributed by atoms with Crippen molar-refractivity contribution in [3.05, 3.63) is 87.5 Å². The molecule has 0 spiro atoms. The Morgan fingerprint density at radius 1 is 0.963 bits per heavy atom. The number of nitrogens with zero attached hydrogens (tertiary/aromatic N) is 3. The van der Waals surface area contributed by atoms with Gasteiger partial charge in [-0.2, -0.15) is 0 Å². The van der Waals surface area contributed by atoms with Crippen molar-refractivity contribution in [2.75, 3.05) is 0 Å². The third-order valence-corrected chi connectivity index (χ3v) is 5.63. The number of hydrogen-bond donors (Lipinski definition) is 0. The number of aryl methyl sites for hydroxylation is 1. The predicted octanol–water partition coefficient (Wildman–Crippen LogP) is 6.05. The molecule has 0 bridgehead atoms. The summed E-state index contributed by atoms with van der Waals surface area (Å²) in [6, 6.07) is 20.0. The molecule has 2 aromatic carbocycles. The lowest BCUT2D eigenvalue weighted by molar-refractivity contribution is 0.454. The lowest BCUT2D eigenvalue weighted by Crippen LogP contribution is -1.96. The topological polar surface area (TPSA) is 47.9 Å². The minimum absolute atomic E-state index is 0.580. The molecule has 0 aliphatic rings. The van der Waals surface area contributed by atoms with Crippen molar-refractivity contribution in [3.8, 4) is 22.2 Å². The molecule has 0 fully saturated rings. The van der Waals surface area contributed by atoms with E-state index in [-0.39, 0.29) is 0 Å². The summed E-state index contributed by atoms with van der Waals surface area (Å²) in [7, 11) is 0. The fourth-order valence-corrected chi connectivity index (χ4v) is 3.82. The van der Waals surface area contributed by atoms with Crippen LogP contribution in [0.5, 0.6) is 11.6 Å². The maximum atomic E-state index is 6.02. The number of halogens is 1. The Balaban J connectivity index is 1.57. The van der Waals surface area contributed by atoms with Crippen molar-refractivity contribution in [2.24, 2.45) is 0 Å². The lowest BCUT2D eigenvalue weighted by atomic mass is 10.2. The number of aromatic nitrogens is 3. The smallest absolute Gasteiger partial charge is 0.222 e. The molecule has 0 radical (unpaired) electrons. The molecule has 2 aromatic heterocycles. The zero-order chi connectivity index (χ0) is 18.6. The largest absolute Gasteiger partial charge is 0.438 e. The SMILES string of the molecule is Cc1ccc(-c2nnc(Cc3cccnc3Oc3ccccc3Br)s2)cc1. The zero-order valence-electron chi connectivity index (χ0n) is 14.6. The number of ether oxygens (including phenoxy) is 1. The summed E-state index contributed by atoms with van der Waals surface area (Å²) in [5, 5.41) is 10.5. The third-order valence-electron chi connectivity index (χ3n) is 4.00. The molecule has 134 valence electrons. The van der Waals surface area contributed by atoms with E-state index >= 15 is 0 Å². The molecule has 0 N–H and O–H groups in total. The monoisotopic (exact) mass is 437 g/mol. The van der Waals surface area contributed by atoms with E-state index in [1.54, 1.807) is 17.5 Å². The molecule has 4 nitrogen and oxygen atoms in total. The number of para-hydroxylation sites is 1. The summed E-state index contributed by atoms with van der Waals surface area (Å²) in [5.41, 5.74) is 3.28. The van der Waals surface area contributed by atoms with E-state index in [0.717, 1.165) is 31.4 Å². The lowest BCUT2D eigenvalue weighted by Gasteiger charge is -2.10. The average molecular weight is 438 g/mol. The summed E-state index contributed by atoms with van der Waals surface area (Å²) in [6.07, 6.45) is 2.35. The van der Waals surface area contributed by atoms with E-state index in [1.165, 1.54) is 5.56 Å². The highest BCUT2D eigenvalue weighted by molar-refractivity contribution is 9.10. The molecule has 0 aliphatic carbocycles. The summed E-state index contributed by atoms with van der Waals surface area (Å²) >= 11 is 5.10. The van der Waals surface area contributed by atoms with Crippen molar-refractivity contribution in [1.29, 1.82) is 0 Å². The first-order valence-electron chi connectivity index (χ1n) is 8.45.